The highest BCUT2D eigenvalue weighted by Gasteiger charge is 2.61. The van der Waals surface area contributed by atoms with E-state index in [4.69, 9.17) is 11.6 Å². The zero-order chi connectivity index (χ0) is 20.9. The zero-order valence-electron chi connectivity index (χ0n) is 15.7. The summed E-state index contributed by atoms with van der Waals surface area (Å²) in [7, 11) is 0. The lowest BCUT2D eigenvalue weighted by atomic mass is 10.1. The summed E-state index contributed by atoms with van der Waals surface area (Å²) in [4.78, 5) is 12.6. The van der Waals surface area contributed by atoms with Gasteiger partial charge in [0, 0.05) is 5.56 Å². The third-order valence-corrected chi connectivity index (χ3v) is 6.14. The Morgan fingerprint density at radius 2 is 1.82 bits per heavy atom. The molecule has 0 radical (unpaired) electrons. The van der Waals surface area contributed by atoms with Crippen LogP contribution in [0.1, 0.15) is 25.0 Å². The molecule has 1 N–H and O–H groups in total. The minimum atomic E-state index is -4.61. The van der Waals surface area contributed by atoms with Crippen molar-refractivity contribution in [3.05, 3.63) is 40.4 Å². The van der Waals surface area contributed by atoms with Gasteiger partial charge in [-0.2, -0.15) is 13.2 Å². The van der Waals surface area contributed by atoms with Gasteiger partial charge >= 0.3 is 6.18 Å². The van der Waals surface area contributed by atoms with E-state index in [1.165, 1.54) is 11.3 Å². The number of aromatic nitrogens is 2. The van der Waals surface area contributed by atoms with Gasteiger partial charge in [0.2, 0.25) is 11.0 Å². The second-order valence-electron chi connectivity index (χ2n) is 7.62. The van der Waals surface area contributed by atoms with Gasteiger partial charge in [0.25, 0.3) is 0 Å². The average molecular weight is 430 g/mol. The molecule has 1 heterocycles. The van der Waals surface area contributed by atoms with Crippen molar-refractivity contribution in [2.45, 2.75) is 33.9 Å². The summed E-state index contributed by atoms with van der Waals surface area (Å²) in [5, 5.41) is 10.5. The number of hydrogen-bond donors (Lipinski definition) is 1. The smallest absolute Gasteiger partial charge is 0.300 e. The number of aryl methyl sites for hydroxylation is 2. The number of rotatable bonds is 4. The van der Waals surface area contributed by atoms with Crippen LogP contribution < -0.4 is 5.32 Å². The monoisotopic (exact) mass is 429 g/mol. The van der Waals surface area contributed by atoms with Crippen LogP contribution in [0.5, 0.6) is 0 Å². The number of amides is 1. The number of nitrogens with one attached hydrogen (secondary N) is 1. The second kappa shape index (κ2) is 7.15. The molecule has 0 bridgehead atoms. The molecule has 1 aliphatic rings. The first-order chi connectivity index (χ1) is 12.9. The molecule has 1 aromatic heterocycles. The molecule has 0 aliphatic heterocycles. The van der Waals surface area contributed by atoms with E-state index in [1.807, 2.05) is 32.0 Å². The van der Waals surface area contributed by atoms with Crippen LogP contribution in [0, 0.1) is 31.1 Å². The average Bonchev–Trinajstić information content (AvgIpc) is 2.90. The Kier molecular flexibility index (Phi) is 5.31. The lowest BCUT2D eigenvalue weighted by Gasteiger charge is -2.04. The third kappa shape index (κ3) is 4.22. The topological polar surface area (TPSA) is 54.9 Å². The van der Waals surface area contributed by atoms with Crippen molar-refractivity contribution >= 4 is 34.0 Å². The zero-order valence-corrected chi connectivity index (χ0v) is 17.3. The minimum absolute atomic E-state index is 0.312. The SMILES string of the molecule is Cc1cc(C)cc(-c2nnc(NC(=O)C3C(C=C(Cl)C(F)(F)F)C3(C)C)s2)c1. The number of anilines is 1. The standard InChI is InChI=1S/C19H19ClF3N3OS/c1-9-5-10(2)7-11(6-9)16-25-26-17(28-16)24-15(27)14-12(18(14,3)4)8-13(20)19(21,22)23/h5-8,12,14H,1-4H3,(H,24,26,27). The molecule has 9 heteroatoms. The summed E-state index contributed by atoms with van der Waals surface area (Å²) < 4.78 is 38.0. The van der Waals surface area contributed by atoms with Crippen LogP contribution in [0.25, 0.3) is 10.6 Å². The fraction of sp³-hybridized carbons (Fsp3) is 0.421. The van der Waals surface area contributed by atoms with Crippen molar-refractivity contribution < 1.29 is 18.0 Å². The van der Waals surface area contributed by atoms with Gasteiger partial charge in [0.1, 0.15) is 10.0 Å². The van der Waals surface area contributed by atoms with E-state index < -0.39 is 28.5 Å². The number of benzene rings is 1. The van der Waals surface area contributed by atoms with Gasteiger partial charge in [0.05, 0.1) is 5.92 Å². The van der Waals surface area contributed by atoms with E-state index in [1.54, 1.807) is 13.8 Å². The van der Waals surface area contributed by atoms with Crippen molar-refractivity contribution in [3.63, 3.8) is 0 Å². The molecule has 4 nitrogen and oxygen atoms in total. The number of nitrogens with zero attached hydrogens (tertiary/aromatic N) is 2. The van der Waals surface area contributed by atoms with Crippen LogP contribution in [-0.2, 0) is 4.79 Å². The Bertz CT molecular complexity index is 932. The highest BCUT2D eigenvalue weighted by molar-refractivity contribution is 7.18. The molecule has 1 fully saturated rings. The Morgan fingerprint density at radius 1 is 1.21 bits per heavy atom. The first-order valence-corrected chi connectivity index (χ1v) is 9.76. The van der Waals surface area contributed by atoms with Gasteiger partial charge in [0.15, 0.2) is 0 Å². The Labute approximate surface area is 169 Å². The third-order valence-electron chi connectivity index (χ3n) is 4.91. The van der Waals surface area contributed by atoms with Crippen molar-refractivity contribution in [1.82, 2.24) is 10.2 Å². The van der Waals surface area contributed by atoms with Crippen LogP contribution in [0.4, 0.5) is 18.3 Å². The molecular formula is C19H19ClF3N3OS. The molecule has 2 atom stereocenters. The van der Waals surface area contributed by atoms with E-state index in [-0.39, 0.29) is 5.91 Å². The van der Waals surface area contributed by atoms with Crippen molar-refractivity contribution in [2.24, 2.45) is 17.3 Å². The van der Waals surface area contributed by atoms with E-state index in [9.17, 15) is 18.0 Å². The number of carbonyl (C=O) groups is 1. The van der Waals surface area contributed by atoms with E-state index >= 15 is 0 Å². The van der Waals surface area contributed by atoms with Crippen LogP contribution in [-0.4, -0.2) is 22.3 Å². The summed E-state index contributed by atoms with van der Waals surface area (Å²) in [5.41, 5.74) is 2.47. The highest BCUT2D eigenvalue weighted by Crippen LogP contribution is 2.60. The quantitative estimate of drug-likeness (QED) is 0.676. The van der Waals surface area contributed by atoms with Crippen LogP contribution in [0.3, 0.4) is 0 Å². The second-order valence-corrected chi connectivity index (χ2v) is 9.00. The minimum Gasteiger partial charge on any atom is -0.300 e. The summed E-state index contributed by atoms with van der Waals surface area (Å²) in [6.07, 6.45) is -3.69. The lowest BCUT2D eigenvalue weighted by molar-refractivity contribution is -0.118. The Balaban J connectivity index is 1.73. The molecule has 150 valence electrons. The molecular weight excluding hydrogens is 411 g/mol. The van der Waals surface area contributed by atoms with Gasteiger partial charge < -0.3 is 5.32 Å². The predicted molar refractivity (Wildman–Crippen MR) is 104 cm³/mol. The maximum atomic E-state index is 12.7. The molecule has 2 aromatic rings. The van der Waals surface area contributed by atoms with Gasteiger partial charge in [-0.05, 0) is 37.3 Å². The molecule has 1 aliphatic carbocycles. The van der Waals surface area contributed by atoms with Crippen LogP contribution in [0.2, 0.25) is 0 Å². The molecule has 1 amide bonds. The number of alkyl halides is 3. The van der Waals surface area contributed by atoms with Crippen LogP contribution in [0.15, 0.2) is 29.3 Å². The van der Waals surface area contributed by atoms with Crippen molar-refractivity contribution in [2.75, 3.05) is 5.32 Å². The number of carbonyl (C=O) groups excluding carboxylic acids is 1. The Morgan fingerprint density at radius 3 is 2.39 bits per heavy atom. The van der Waals surface area contributed by atoms with Crippen molar-refractivity contribution in [1.29, 1.82) is 0 Å². The lowest BCUT2D eigenvalue weighted by Crippen LogP contribution is -2.16. The highest BCUT2D eigenvalue weighted by atomic mass is 35.5. The molecule has 0 saturated heterocycles. The molecule has 1 aromatic carbocycles. The Hall–Kier alpha value is -1.93. The first-order valence-electron chi connectivity index (χ1n) is 8.57. The normalized spacial score (nSPS) is 21.5. The van der Waals surface area contributed by atoms with Gasteiger partial charge in [-0.1, -0.05) is 60.1 Å². The fourth-order valence-electron chi connectivity index (χ4n) is 3.41. The predicted octanol–water partition coefficient (Wildman–Crippen LogP) is 5.72. The molecule has 3 rings (SSSR count). The first kappa shape index (κ1) is 20.8. The van der Waals surface area contributed by atoms with Gasteiger partial charge in [-0.3, -0.25) is 4.79 Å². The number of hydrogen-bond acceptors (Lipinski definition) is 4. The summed E-state index contributed by atoms with van der Waals surface area (Å²) in [5.74, 6) is -1.59. The van der Waals surface area contributed by atoms with E-state index in [0.717, 1.165) is 22.8 Å². The summed E-state index contributed by atoms with van der Waals surface area (Å²) >= 11 is 6.55. The molecule has 2 unspecified atom stereocenters. The molecule has 28 heavy (non-hydrogen) atoms. The molecule has 1 saturated carbocycles. The maximum Gasteiger partial charge on any atom is 0.426 e. The largest absolute Gasteiger partial charge is 0.426 e. The number of allylic oxidation sites excluding steroid dienone is 2. The van der Waals surface area contributed by atoms with Gasteiger partial charge in [-0.25, -0.2) is 0 Å². The number of halogens is 4. The van der Waals surface area contributed by atoms with Gasteiger partial charge in [-0.15, -0.1) is 10.2 Å². The molecule has 0 spiro atoms. The fourth-order valence-corrected chi connectivity index (χ4v) is 4.28. The summed E-state index contributed by atoms with van der Waals surface area (Å²) in [6, 6.07) is 5.99. The van der Waals surface area contributed by atoms with Crippen LogP contribution >= 0.6 is 22.9 Å². The summed E-state index contributed by atoms with van der Waals surface area (Å²) in [6.45, 7) is 7.43. The van der Waals surface area contributed by atoms with Crippen molar-refractivity contribution in [3.8, 4) is 10.6 Å². The van der Waals surface area contributed by atoms with E-state index in [0.29, 0.717) is 10.1 Å². The maximum absolute atomic E-state index is 12.7. The van der Waals surface area contributed by atoms with E-state index in [2.05, 4.69) is 15.5 Å².